The van der Waals surface area contributed by atoms with Crippen molar-refractivity contribution in [3.05, 3.63) is 37.0 Å². The van der Waals surface area contributed by atoms with Crippen LogP contribution in [0.3, 0.4) is 0 Å². The van der Waals surface area contributed by atoms with Gasteiger partial charge in [0.05, 0.1) is 0 Å². The summed E-state index contributed by atoms with van der Waals surface area (Å²) < 4.78 is 0. The molecule has 1 N–H and O–H groups in total. The molecule has 0 radical (unpaired) electrons. The fourth-order valence-corrected chi connectivity index (χ4v) is 2.80. The molecule has 1 aliphatic rings. The van der Waals surface area contributed by atoms with E-state index in [1.807, 2.05) is 12.2 Å². The molecule has 1 heterocycles. The molecule has 0 aromatic carbocycles. The van der Waals surface area contributed by atoms with Gasteiger partial charge < -0.3 is 5.32 Å². The zero-order valence-corrected chi connectivity index (χ0v) is 13.4. The van der Waals surface area contributed by atoms with Gasteiger partial charge in [0.1, 0.15) is 0 Å². The van der Waals surface area contributed by atoms with Crippen LogP contribution in [0.1, 0.15) is 39.5 Å². The first-order valence-corrected chi connectivity index (χ1v) is 8.02. The molecule has 2 nitrogen and oxygen atoms in total. The number of hydrogen-bond donors (Lipinski definition) is 1. The van der Waals surface area contributed by atoms with Gasteiger partial charge in [-0.1, -0.05) is 50.8 Å². The molecule has 1 fully saturated rings. The van der Waals surface area contributed by atoms with Crippen LogP contribution in [0.2, 0.25) is 0 Å². The molecule has 114 valence electrons. The molecule has 0 amide bonds. The van der Waals surface area contributed by atoms with Crippen molar-refractivity contribution in [2.75, 3.05) is 26.2 Å². The molecule has 20 heavy (non-hydrogen) atoms. The second kappa shape index (κ2) is 9.95. The average Bonchev–Trinajstić information content (AvgIpc) is 2.44. The average molecular weight is 276 g/mol. The number of nitrogens with one attached hydrogen (secondary N) is 1. The van der Waals surface area contributed by atoms with Crippen molar-refractivity contribution in [1.29, 1.82) is 0 Å². The van der Waals surface area contributed by atoms with E-state index < -0.39 is 0 Å². The van der Waals surface area contributed by atoms with E-state index in [1.165, 1.54) is 38.0 Å². The van der Waals surface area contributed by atoms with E-state index in [9.17, 15) is 0 Å². The van der Waals surface area contributed by atoms with Crippen LogP contribution in [0.15, 0.2) is 37.0 Å². The Morgan fingerprint density at radius 2 is 2.05 bits per heavy atom. The van der Waals surface area contributed by atoms with Crippen LogP contribution in [0, 0.1) is 5.92 Å². The highest BCUT2D eigenvalue weighted by Gasteiger charge is 2.21. The summed E-state index contributed by atoms with van der Waals surface area (Å²) >= 11 is 0. The van der Waals surface area contributed by atoms with Gasteiger partial charge in [-0.15, -0.1) is 0 Å². The highest BCUT2D eigenvalue weighted by atomic mass is 15.2. The van der Waals surface area contributed by atoms with Gasteiger partial charge in [0, 0.05) is 19.1 Å². The van der Waals surface area contributed by atoms with Gasteiger partial charge in [-0.05, 0) is 44.7 Å². The monoisotopic (exact) mass is 276 g/mol. The molecule has 1 aliphatic heterocycles. The van der Waals surface area contributed by atoms with Gasteiger partial charge >= 0.3 is 0 Å². The van der Waals surface area contributed by atoms with Gasteiger partial charge in [-0.25, -0.2) is 0 Å². The summed E-state index contributed by atoms with van der Waals surface area (Å²) in [5.41, 5.74) is 1.32. The maximum atomic E-state index is 4.20. The quantitative estimate of drug-likeness (QED) is 0.509. The largest absolute Gasteiger partial charge is 0.317 e. The summed E-state index contributed by atoms with van der Waals surface area (Å²) in [6.45, 7) is 17.2. The third kappa shape index (κ3) is 7.06. The summed E-state index contributed by atoms with van der Waals surface area (Å²) in [6.07, 6.45) is 10.6. The van der Waals surface area contributed by atoms with E-state index >= 15 is 0 Å². The molecule has 0 spiro atoms. The summed E-state index contributed by atoms with van der Waals surface area (Å²) in [7, 11) is 0. The first kappa shape index (κ1) is 17.2. The van der Waals surface area contributed by atoms with Crippen LogP contribution in [0.5, 0.6) is 0 Å². The summed E-state index contributed by atoms with van der Waals surface area (Å²) in [4.78, 5) is 2.69. The Morgan fingerprint density at radius 1 is 1.35 bits per heavy atom. The van der Waals surface area contributed by atoms with Gasteiger partial charge in [0.15, 0.2) is 0 Å². The smallest absolute Gasteiger partial charge is 0.0120 e. The minimum Gasteiger partial charge on any atom is -0.317 e. The molecular formula is C18H32N2. The van der Waals surface area contributed by atoms with Crippen LogP contribution in [0.25, 0.3) is 0 Å². The van der Waals surface area contributed by atoms with Gasteiger partial charge in [-0.2, -0.15) is 0 Å². The second-order valence-electron chi connectivity index (χ2n) is 6.24. The number of nitrogens with zero attached hydrogens (tertiary/aromatic N) is 1. The zero-order valence-electron chi connectivity index (χ0n) is 13.4. The number of rotatable bonds is 9. The van der Waals surface area contributed by atoms with Gasteiger partial charge in [0.25, 0.3) is 0 Å². The summed E-state index contributed by atoms with van der Waals surface area (Å²) in [5, 5.41) is 3.46. The molecule has 0 aromatic rings. The van der Waals surface area contributed by atoms with Gasteiger partial charge in [-0.3, -0.25) is 4.90 Å². The van der Waals surface area contributed by atoms with Crippen LogP contribution in [0.4, 0.5) is 0 Å². The minimum atomic E-state index is 0.735. The lowest BCUT2D eigenvalue weighted by atomic mass is 10.0. The van der Waals surface area contributed by atoms with Crippen molar-refractivity contribution in [3.63, 3.8) is 0 Å². The molecule has 0 atom stereocenters. The standard InChI is InChI=1S/C18H32N2/c1-5-6-7-8-17(4)11-14-20(15-16(2)3)18-9-12-19-13-10-18/h5-7,16,18-19H,1,4,8-15H2,2-3H3/b7-6-. The predicted molar refractivity (Wildman–Crippen MR) is 90.0 cm³/mol. The second-order valence-corrected chi connectivity index (χ2v) is 6.24. The summed E-state index contributed by atoms with van der Waals surface area (Å²) in [6, 6.07) is 0.759. The van der Waals surface area contributed by atoms with E-state index in [2.05, 4.69) is 43.3 Å². The lowest BCUT2D eigenvalue weighted by Gasteiger charge is -2.36. The van der Waals surface area contributed by atoms with Crippen molar-refractivity contribution < 1.29 is 0 Å². The Kier molecular flexibility index (Phi) is 8.56. The Hall–Kier alpha value is -0.860. The number of allylic oxidation sites excluding steroid dienone is 3. The van der Waals surface area contributed by atoms with Crippen LogP contribution >= 0.6 is 0 Å². The van der Waals surface area contributed by atoms with E-state index in [0.717, 1.165) is 31.3 Å². The number of hydrogen-bond acceptors (Lipinski definition) is 2. The Morgan fingerprint density at radius 3 is 2.65 bits per heavy atom. The molecule has 1 saturated heterocycles. The lowest BCUT2D eigenvalue weighted by molar-refractivity contribution is 0.147. The van der Waals surface area contributed by atoms with Crippen molar-refractivity contribution >= 4 is 0 Å². The van der Waals surface area contributed by atoms with Crippen molar-refractivity contribution in [2.45, 2.75) is 45.6 Å². The van der Waals surface area contributed by atoms with E-state index in [1.54, 1.807) is 0 Å². The molecule has 0 unspecified atom stereocenters. The molecule has 2 heteroatoms. The zero-order chi connectivity index (χ0) is 14.8. The SMILES string of the molecule is C=C/C=C\CC(=C)CCN(CC(C)C)C1CCNCC1. The predicted octanol–water partition coefficient (Wildman–Crippen LogP) is 3.78. The Balaban J connectivity index is 2.41. The van der Waals surface area contributed by atoms with E-state index in [4.69, 9.17) is 0 Å². The normalized spacial score (nSPS) is 17.2. The molecule has 1 rings (SSSR count). The summed E-state index contributed by atoms with van der Waals surface area (Å²) in [5.74, 6) is 0.735. The first-order valence-electron chi connectivity index (χ1n) is 8.02. The van der Waals surface area contributed by atoms with Gasteiger partial charge in [0.2, 0.25) is 0 Å². The molecular weight excluding hydrogens is 244 g/mol. The Labute approximate surface area is 125 Å². The third-order valence-corrected chi connectivity index (χ3v) is 3.86. The van der Waals surface area contributed by atoms with Crippen LogP contribution < -0.4 is 5.32 Å². The fraction of sp³-hybridized carbons (Fsp3) is 0.667. The van der Waals surface area contributed by atoms with Crippen molar-refractivity contribution in [2.24, 2.45) is 5.92 Å². The van der Waals surface area contributed by atoms with Crippen molar-refractivity contribution in [3.8, 4) is 0 Å². The first-order chi connectivity index (χ1) is 9.63. The lowest BCUT2D eigenvalue weighted by Crippen LogP contribution is -2.45. The topological polar surface area (TPSA) is 15.3 Å². The maximum Gasteiger partial charge on any atom is 0.0120 e. The maximum absolute atomic E-state index is 4.20. The third-order valence-electron chi connectivity index (χ3n) is 3.86. The highest BCUT2D eigenvalue weighted by molar-refractivity contribution is 5.07. The fourth-order valence-electron chi connectivity index (χ4n) is 2.80. The van der Waals surface area contributed by atoms with Crippen LogP contribution in [-0.2, 0) is 0 Å². The van der Waals surface area contributed by atoms with Crippen molar-refractivity contribution in [1.82, 2.24) is 10.2 Å². The van der Waals surface area contributed by atoms with E-state index in [-0.39, 0.29) is 0 Å². The van der Waals surface area contributed by atoms with E-state index in [0.29, 0.717) is 0 Å². The molecule has 0 aromatic heterocycles. The van der Waals surface area contributed by atoms with Crippen LogP contribution in [-0.4, -0.2) is 37.1 Å². The molecule has 0 aliphatic carbocycles. The highest BCUT2D eigenvalue weighted by Crippen LogP contribution is 2.16. The number of piperidine rings is 1. The Bertz CT molecular complexity index is 311. The minimum absolute atomic E-state index is 0.735. The molecule has 0 saturated carbocycles. The molecule has 0 bridgehead atoms.